The monoisotopic (exact) mass is 479 g/mol. The summed E-state index contributed by atoms with van der Waals surface area (Å²) in [5.74, 6) is 1.47. The average Bonchev–Trinajstić information content (AvgIpc) is 3.09. The number of fused-ring (bicyclic) bond motifs is 1. The van der Waals surface area contributed by atoms with Crippen LogP contribution >= 0.6 is 15.9 Å². The standard InChI is InChI=1S/C19H22BrN5O3S/c1-29(27,28)15-7-5-13(6-8-15)22-18-10-17(23-19-16(20)11-21-25(18)19)24-9-3-2-4-14(24)12-26/h5-8,10-11,14,22,26H,2-4,9,12H2,1H3. The van der Waals surface area contributed by atoms with Gasteiger partial charge in [0.05, 0.1) is 28.2 Å². The van der Waals surface area contributed by atoms with Gasteiger partial charge in [-0.05, 0) is 59.5 Å². The van der Waals surface area contributed by atoms with Gasteiger partial charge in [-0.2, -0.15) is 9.61 Å². The zero-order chi connectivity index (χ0) is 20.6. The summed E-state index contributed by atoms with van der Waals surface area (Å²) in [5, 5.41) is 17.5. The van der Waals surface area contributed by atoms with E-state index in [0.29, 0.717) is 11.5 Å². The van der Waals surface area contributed by atoms with E-state index in [1.54, 1.807) is 35.0 Å². The third kappa shape index (κ3) is 4.10. The van der Waals surface area contributed by atoms with Crippen molar-refractivity contribution in [1.29, 1.82) is 0 Å². The van der Waals surface area contributed by atoms with Crippen molar-refractivity contribution in [2.24, 2.45) is 0 Å². The van der Waals surface area contributed by atoms with Crippen molar-refractivity contribution in [3.8, 4) is 0 Å². The van der Waals surface area contributed by atoms with E-state index in [4.69, 9.17) is 4.98 Å². The second-order valence-corrected chi connectivity index (χ2v) is 10.0. The number of rotatable bonds is 5. The molecule has 3 aromatic rings. The molecular weight excluding hydrogens is 458 g/mol. The zero-order valence-electron chi connectivity index (χ0n) is 15.9. The number of halogens is 1. The Balaban J connectivity index is 1.73. The zero-order valence-corrected chi connectivity index (χ0v) is 18.3. The fourth-order valence-electron chi connectivity index (χ4n) is 3.58. The maximum atomic E-state index is 11.7. The maximum absolute atomic E-state index is 11.7. The molecule has 4 rings (SSSR count). The first-order valence-corrected chi connectivity index (χ1v) is 12.0. The molecule has 10 heteroatoms. The molecule has 1 aliphatic rings. The van der Waals surface area contributed by atoms with Gasteiger partial charge in [0.25, 0.3) is 0 Å². The number of aliphatic hydroxyl groups is 1. The van der Waals surface area contributed by atoms with Gasteiger partial charge in [0.2, 0.25) is 0 Å². The molecule has 0 amide bonds. The molecule has 1 fully saturated rings. The molecule has 0 bridgehead atoms. The molecule has 1 aromatic carbocycles. The number of aliphatic hydroxyl groups excluding tert-OH is 1. The number of aromatic nitrogens is 3. The number of piperidine rings is 1. The van der Waals surface area contributed by atoms with Crippen molar-refractivity contribution in [1.82, 2.24) is 14.6 Å². The van der Waals surface area contributed by atoms with Gasteiger partial charge >= 0.3 is 0 Å². The number of sulfone groups is 1. The summed E-state index contributed by atoms with van der Waals surface area (Å²) in [4.78, 5) is 7.16. The van der Waals surface area contributed by atoms with Crippen molar-refractivity contribution >= 4 is 48.7 Å². The van der Waals surface area contributed by atoms with Gasteiger partial charge in [-0.25, -0.2) is 13.4 Å². The van der Waals surface area contributed by atoms with Crippen molar-refractivity contribution < 1.29 is 13.5 Å². The fourth-order valence-corrected chi connectivity index (χ4v) is 4.56. The van der Waals surface area contributed by atoms with E-state index < -0.39 is 9.84 Å². The number of nitrogens with one attached hydrogen (secondary N) is 1. The molecule has 0 saturated carbocycles. The molecule has 154 valence electrons. The third-order valence-corrected chi connectivity index (χ3v) is 6.79. The van der Waals surface area contributed by atoms with E-state index in [9.17, 15) is 13.5 Å². The van der Waals surface area contributed by atoms with Gasteiger partial charge in [-0.15, -0.1) is 0 Å². The molecule has 2 aromatic heterocycles. The van der Waals surface area contributed by atoms with Gasteiger partial charge in [-0.1, -0.05) is 0 Å². The Labute approximate surface area is 177 Å². The van der Waals surface area contributed by atoms with Crippen LogP contribution in [0.3, 0.4) is 0 Å². The topological polar surface area (TPSA) is 99.8 Å². The Morgan fingerprint density at radius 3 is 2.72 bits per heavy atom. The van der Waals surface area contributed by atoms with Crippen molar-refractivity contribution in [3.63, 3.8) is 0 Å². The Hall–Kier alpha value is -2.17. The number of nitrogens with zero attached hydrogens (tertiary/aromatic N) is 4. The first kappa shape index (κ1) is 20.1. The van der Waals surface area contributed by atoms with Crippen LogP contribution in [0.5, 0.6) is 0 Å². The van der Waals surface area contributed by atoms with E-state index in [2.05, 4.69) is 31.2 Å². The lowest BCUT2D eigenvalue weighted by atomic mass is 10.0. The lowest BCUT2D eigenvalue weighted by Crippen LogP contribution is -2.42. The van der Waals surface area contributed by atoms with Crippen LogP contribution in [-0.2, 0) is 9.84 Å². The highest BCUT2D eigenvalue weighted by molar-refractivity contribution is 9.10. The van der Waals surface area contributed by atoms with Crippen LogP contribution in [0.4, 0.5) is 17.3 Å². The van der Waals surface area contributed by atoms with Gasteiger partial charge in [0.1, 0.15) is 11.6 Å². The Morgan fingerprint density at radius 2 is 2.03 bits per heavy atom. The van der Waals surface area contributed by atoms with Gasteiger partial charge in [0, 0.05) is 24.6 Å². The maximum Gasteiger partial charge on any atom is 0.175 e. The lowest BCUT2D eigenvalue weighted by Gasteiger charge is -2.35. The average molecular weight is 480 g/mol. The van der Waals surface area contributed by atoms with E-state index in [1.165, 1.54) is 6.26 Å². The van der Waals surface area contributed by atoms with Crippen molar-refractivity contribution in [2.45, 2.75) is 30.2 Å². The number of hydrogen-bond acceptors (Lipinski definition) is 7. The lowest BCUT2D eigenvalue weighted by molar-refractivity contribution is 0.239. The molecule has 1 saturated heterocycles. The highest BCUT2D eigenvalue weighted by Crippen LogP contribution is 2.30. The molecule has 1 atom stereocenters. The minimum atomic E-state index is -3.25. The van der Waals surface area contributed by atoms with Crippen LogP contribution in [0.1, 0.15) is 19.3 Å². The predicted molar refractivity (Wildman–Crippen MR) is 116 cm³/mol. The van der Waals surface area contributed by atoms with Crippen LogP contribution < -0.4 is 10.2 Å². The molecule has 1 unspecified atom stereocenters. The summed E-state index contributed by atoms with van der Waals surface area (Å²) in [6.45, 7) is 0.922. The quantitative estimate of drug-likeness (QED) is 0.579. The second kappa shape index (κ2) is 7.92. The van der Waals surface area contributed by atoms with Crippen molar-refractivity contribution in [2.75, 3.05) is 29.6 Å². The first-order valence-electron chi connectivity index (χ1n) is 9.36. The Kier molecular flexibility index (Phi) is 5.50. The number of hydrogen-bond donors (Lipinski definition) is 2. The van der Waals surface area contributed by atoms with E-state index >= 15 is 0 Å². The first-order chi connectivity index (χ1) is 13.9. The van der Waals surface area contributed by atoms with Crippen LogP contribution in [0.15, 0.2) is 45.9 Å². The summed E-state index contributed by atoms with van der Waals surface area (Å²) in [6.07, 6.45) is 5.95. The predicted octanol–water partition coefficient (Wildman–Crippen LogP) is 2.99. The largest absolute Gasteiger partial charge is 0.394 e. The number of benzene rings is 1. The van der Waals surface area contributed by atoms with E-state index in [0.717, 1.165) is 41.8 Å². The third-order valence-electron chi connectivity index (χ3n) is 5.10. The summed E-state index contributed by atoms with van der Waals surface area (Å²) in [5.41, 5.74) is 1.40. The molecule has 0 radical (unpaired) electrons. The van der Waals surface area contributed by atoms with Crippen LogP contribution in [0, 0.1) is 0 Å². The molecule has 2 N–H and O–H groups in total. The molecular formula is C19H22BrN5O3S. The summed E-state index contributed by atoms with van der Waals surface area (Å²) in [7, 11) is -3.25. The number of anilines is 3. The van der Waals surface area contributed by atoms with Gasteiger partial charge < -0.3 is 15.3 Å². The highest BCUT2D eigenvalue weighted by atomic mass is 79.9. The molecule has 3 heterocycles. The summed E-state index contributed by atoms with van der Waals surface area (Å²) >= 11 is 3.50. The molecule has 1 aliphatic heterocycles. The smallest absolute Gasteiger partial charge is 0.175 e. The molecule has 29 heavy (non-hydrogen) atoms. The molecule has 8 nitrogen and oxygen atoms in total. The summed E-state index contributed by atoms with van der Waals surface area (Å²) < 4.78 is 25.8. The van der Waals surface area contributed by atoms with Crippen LogP contribution in [0.25, 0.3) is 5.65 Å². The highest BCUT2D eigenvalue weighted by Gasteiger charge is 2.24. The normalized spacial score (nSPS) is 17.6. The summed E-state index contributed by atoms with van der Waals surface area (Å²) in [6, 6.07) is 8.54. The van der Waals surface area contributed by atoms with Crippen molar-refractivity contribution in [3.05, 3.63) is 41.0 Å². The second-order valence-electron chi connectivity index (χ2n) is 7.17. The SMILES string of the molecule is CS(=O)(=O)c1ccc(Nc2cc(N3CCCCC3CO)nc3c(Br)cnn23)cc1. The van der Waals surface area contributed by atoms with E-state index in [-0.39, 0.29) is 17.5 Å². The van der Waals surface area contributed by atoms with Crippen LogP contribution in [-0.4, -0.2) is 53.6 Å². The van der Waals surface area contributed by atoms with Gasteiger partial charge in [0.15, 0.2) is 15.5 Å². The minimum absolute atomic E-state index is 0.0438. The fraction of sp³-hybridized carbons (Fsp3) is 0.368. The Morgan fingerprint density at radius 1 is 1.28 bits per heavy atom. The molecule has 0 aliphatic carbocycles. The Bertz CT molecular complexity index is 1130. The van der Waals surface area contributed by atoms with Gasteiger partial charge in [-0.3, -0.25) is 0 Å². The van der Waals surface area contributed by atoms with E-state index in [1.807, 2.05) is 6.07 Å². The molecule has 0 spiro atoms. The van der Waals surface area contributed by atoms with Crippen LogP contribution in [0.2, 0.25) is 0 Å². The minimum Gasteiger partial charge on any atom is -0.394 e.